The molecule has 0 saturated heterocycles. The molecule has 0 amide bonds. The van der Waals surface area contributed by atoms with Crippen LogP contribution < -0.4 is 10.1 Å². The summed E-state index contributed by atoms with van der Waals surface area (Å²) in [7, 11) is 1.70. The van der Waals surface area contributed by atoms with E-state index in [1.165, 1.54) is 5.56 Å². The van der Waals surface area contributed by atoms with Gasteiger partial charge in [0.2, 0.25) is 0 Å². The SMILES string of the molecule is COCCNCc1ccc(OCC2(CC#N)CC2)cc1. The average Bonchev–Trinajstić information content (AvgIpc) is 3.23. The van der Waals surface area contributed by atoms with Crippen molar-refractivity contribution in [1.82, 2.24) is 5.32 Å². The van der Waals surface area contributed by atoms with Gasteiger partial charge in [0, 0.05) is 32.0 Å². The Kier molecular flexibility index (Phi) is 5.40. The maximum Gasteiger partial charge on any atom is 0.119 e. The van der Waals surface area contributed by atoms with E-state index in [-0.39, 0.29) is 5.41 Å². The molecule has 0 radical (unpaired) electrons. The molecule has 1 aromatic rings. The molecule has 1 saturated carbocycles. The highest BCUT2D eigenvalue weighted by Gasteiger charge is 2.43. The van der Waals surface area contributed by atoms with Crippen LogP contribution in [0.25, 0.3) is 0 Å². The largest absolute Gasteiger partial charge is 0.493 e. The van der Waals surface area contributed by atoms with Gasteiger partial charge in [-0.15, -0.1) is 0 Å². The lowest BCUT2D eigenvalue weighted by Crippen LogP contribution is -2.18. The fraction of sp³-hybridized carbons (Fsp3) is 0.562. The summed E-state index contributed by atoms with van der Waals surface area (Å²) in [4.78, 5) is 0. The van der Waals surface area contributed by atoms with Crippen LogP contribution in [-0.2, 0) is 11.3 Å². The molecule has 0 heterocycles. The van der Waals surface area contributed by atoms with Gasteiger partial charge in [0.15, 0.2) is 0 Å². The van der Waals surface area contributed by atoms with Crippen LogP contribution in [0.4, 0.5) is 0 Å². The van der Waals surface area contributed by atoms with E-state index in [0.29, 0.717) is 13.0 Å². The van der Waals surface area contributed by atoms with Crippen LogP contribution in [0.15, 0.2) is 24.3 Å². The average molecular weight is 274 g/mol. The molecule has 1 aliphatic carbocycles. The second kappa shape index (κ2) is 7.28. The highest BCUT2D eigenvalue weighted by Crippen LogP contribution is 2.48. The van der Waals surface area contributed by atoms with Crippen molar-refractivity contribution in [1.29, 1.82) is 5.26 Å². The number of nitriles is 1. The molecule has 1 aromatic carbocycles. The summed E-state index contributed by atoms with van der Waals surface area (Å²) in [6, 6.07) is 10.4. The van der Waals surface area contributed by atoms with Crippen LogP contribution >= 0.6 is 0 Å². The minimum absolute atomic E-state index is 0.134. The lowest BCUT2D eigenvalue weighted by molar-refractivity contribution is 0.199. The first-order chi connectivity index (χ1) is 9.78. The Hall–Kier alpha value is -1.57. The van der Waals surface area contributed by atoms with Gasteiger partial charge in [-0.3, -0.25) is 0 Å². The quantitative estimate of drug-likeness (QED) is 0.703. The molecule has 2 rings (SSSR count). The molecule has 4 heteroatoms. The summed E-state index contributed by atoms with van der Waals surface area (Å²) in [5, 5.41) is 12.1. The topological polar surface area (TPSA) is 54.3 Å². The Morgan fingerprint density at radius 1 is 1.30 bits per heavy atom. The van der Waals surface area contributed by atoms with Gasteiger partial charge in [-0.2, -0.15) is 5.26 Å². The number of hydrogen-bond acceptors (Lipinski definition) is 4. The van der Waals surface area contributed by atoms with Gasteiger partial charge in [0.1, 0.15) is 5.75 Å². The third-order valence-electron chi connectivity index (χ3n) is 3.69. The zero-order chi connectivity index (χ0) is 14.3. The number of hydrogen-bond donors (Lipinski definition) is 1. The van der Waals surface area contributed by atoms with Gasteiger partial charge in [0.25, 0.3) is 0 Å². The Balaban J connectivity index is 1.73. The van der Waals surface area contributed by atoms with Crippen molar-refractivity contribution in [2.45, 2.75) is 25.8 Å². The van der Waals surface area contributed by atoms with Gasteiger partial charge < -0.3 is 14.8 Å². The van der Waals surface area contributed by atoms with Crippen molar-refractivity contribution in [3.8, 4) is 11.8 Å². The first-order valence-corrected chi connectivity index (χ1v) is 7.06. The fourth-order valence-corrected chi connectivity index (χ4v) is 2.06. The number of nitrogens with one attached hydrogen (secondary N) is 1. The maximum atomic E-state index is 8.77. The number of rotatable bonds is 9. The van der Waals surface area contributed by atoms with E-state index in [1.54, 1.807) is 7.11 Å². The zero-order valence-corrected chi connectivity index (χ0v) is 12.0. The molecule has 0 atom stereocenters. The maximum absolute atomic E-state index is 8.77. The molecule has 108 valence electrons. The van der Waals surface area contributed by atoms with E-state index in [2.05, 4.69) is 23.5 Å². The first kappa shape index (κ1) is 14.8. The Bertz CT molecular complexity index is 447. The number of methoxy groups -OCH3 is 1. The normalized spacial score (nSPS) is 15.6. The standard InChI is InChI=1S/C16H22N2O2/c1-19-11-10-18-12-14-2-4-15(5-3-14)20-13-16(6-7-16)8-9-17/h2-5,18H,6-8,10-13H2,1H3. The van der Waals surface area contributed by atoms with Crippen molar-refractivity contribution >= 4 is 0 Å². The molecular formula is C16H22N2O2. The van der Waals surface area contributed by atoms with Gasteiger partial charge in [-0.05, 0) is 30.5 Å². The van der Waals surface area contributed by atoms with E-state index in [0.717, 1.165) is 38.3 Å². The molecule has 1 aliphatic rings. The molecule has 1 fully saturated rings. The molecule has 0 aromatic heterocycles. The smallest absolute Gasteiger partial charge is 0.119 e. The van der Waals surface area contributed by atoms with Crippen LogP contribution in [0.1, 0.15) is 24.8 Å². The van der Waals surface area contributed by atoms with E-state index in [4.69, 9.17) is 14.7 Å². The van der Waals surface area contributed by atoms with Gasteiger partial charge in [-0.1, -0.05) is 12.1 Å². The summed E-state index contributed by atoms with van der Waals surface area (Å²) in [6.45, 7) is 3.07. The van der Waals surface area contributed by atoms with Crippen LogP contribution in [0.5, 0.6) is 5.75 Å². The van der Waals surface area contributed by atoms with E-state index < -0.39 is 0 Å². The Morgan fingerprint density at radius 3 is 2.65 bits per heavy atom. The highest BCUT2D eigenvalue weighted by atomic mass is 16.5. The molecule has 0 spiro atoms. The van der Waals surface area contributed by atoms with E-state index in [9.17, 15) is 0 Å². The summed E-state index contributed by atoms with van der Waals surface area (Å²) in [6.07, 6.45) is 2.83. The van der Waals surface area contributed by atoms with Crippen LogP contribution in [0.2, 0.25) is 0 Å². The van der Waals surface area contributed by atoms with E-state index >= 15 is 0 Å². The van der Waals surface area contributed by atoms with Gasteiger partial charge in [-0.25, -0.2) is 0 Å². The lowest BCUT2D eigenvalue weighted by atomic mass is 10.1. The van der Waals surface area contributed by atoms with Crippen molar-refractivity contribution in [3.63, 3.8) is 0 Å². The minimum Gasteiger partial charge on any atom is -0.493 e. The summed E-state index contributed by atoms with van der Waals surface area (Å²) < 4.78 is 10.8. The summed E-state index contributed by atoms with van der Waals surface area (Å²) >= 11 is 0. The minimum atomic E-state index is 0.134. The third-order valence-corrected chi connectivity index (χ3v) is 3.69. The van der Waals surface area contributed by atoms with Gasteiger partial charge >= 0.3 is 0 Å². The number of nitrogens with zero attached hydrogens (tertiary/aromatic N) is 1. The van der Waals surface area contributed by atoms with Crippen LogP contribution in [-0.4, -0.2) is 26.9 Å². The first-order valence-electron chi connectivity index (χ1n) is 7.06. The van der Waals surface area contributed by atoms with Crippen molar-refractivity contribution in [2.24, 2.45) is 5.41 Å². The lowest BCUT2D eigenvalue weighted by Gasteiger charge is -2.13. The van der Waals surface area contributed by atoms with Gasteiger partial charge in [0.05, 0.1) is 19.3 Å². The molecule has 0 unspecified atom stereocenters. The van der Waals surface area contributed by atoms with Crippen molar-refractivity contribution in [2.75, 3.05) is 26.9 Å². The monoisotopic (exact) mass is 274 g/mol. The molecule has 4 nitrogen and oxygen atoms in total. The second-order valence-electron chi connectivity index (χ2n) is 5.44. The molecule has 0 aliphatic heterocycles. The van der Waals surface area contributed by atoms with E-state index in [1.807, 2.05) is 12.1 Å². The zero-order valence-electron chi connectivity index (χ0n) is 12.0. The van der Waals surface area contributed by atoms with Crippen molar-refractivity contribution < 1.29 is 9.47 Å². The summed E-state index contributed by atoms with van der Waals surface area (Å²) in [5.74, 6) is 0.884. The number of benzene rings is 1. The molecule has 20 heavy (non-hydrogen) atoms. The second-order valence-corrected chi connectivity index (χ2v) is 5.44. The third kappa shape index (κ3) is 4.52. The molecular weight excluding hydrogens is 252 g/mol. The molecule has 0 bridgehead atoms. The summed E-state index contributed by atoms with van der Waals surface area (Å²) in [5.41, 5.74) is 1.36. The van der Waals surface area contributed by atoms with Crippen LogP contribution in [0.3, 0.4) is 0 Å². The Morgan fingerprint density at radius 2 is 2.05 bits per heavy atom. The fourth-order valence-electron chi connectivity index (χ4n) is 2.06. The predicted octanol–water partition coefficient (Wildman–Crippen LogP) is 2.50. The number of ether oxygens (including phenoxy) is 2. The van der Waals surface area contributed by atoms with Crippen LogP contribution in [0, 0.1) is 16.7 Å². The Labute approximate surface area is 120 Å². The molecule has 1 N–H and O–H groups in total. The highest BCUT2D eigenvalue weighted by molar-refractivity contribution is 5.27. The van der Waals surface area contributed by atoms with Crippen molar-refractivity contribution in [3.05, 3.63) is 29.8 Å². The predicted molar refractivity (Wildman–Crippen MR) is 77.4 cm³/mol.